The highest BCUT2D eigenvalue weighted by molar-refractivity contribution is 8.76. The first-order valence-corrected chi connectivity index (χ1v) is 35.8. The van der Waals surface area contributed by atoms with Crippen molar-refractivity contribution in [1.82, 2.24) is 19.6 Å². The number of aliphatic hydroxyl groups is 4. The van der Waals surface area contributed by atoms with E-state index in [0.717, 1.165) is 166 Å². The molecule has 0 bridgehead atoms. The predicted molar refractivity (Wildman–Crippen MR) is 340 cm³/mol. The first-order valence-electron chi connectivity index (χ1n) is 33.4. The van der Waals surface area contributed by atoms with Gasteiger partial charge < -0.3 is 44.1 Å². The lowest BCUT2D eigenvalue weighted by Crippen LogP contribution is -2.47. The first kappa shape index (κ1) is 79.7. The van der Waals surface area contributed by atoms with Crippen LogP contribution in [-0.4, -0.2) is 216 Å². The van der Waals surface area contributed by atoms with Crippen molar-refractivity contribution < 1.29 is 68.1 Å². The molecule has 0 radical (unpaired) electrons. The number of aliphatic hydroxyl groups excluding tert-OH is 4. The Balaban J connectivity index is 2.45. The van der Waals surface area contributed by atoms with Crippen LogP contribution < -0.4 is 0 Å². The summed E-state index contributed by atoms with van der Waals surface area (Å²) in [6, 6.07) is 0. The SMILES string of the molecule is CCCCOC(=O)CCCCCCC(O)CN(CCCCSSCCN1CCN(CCOC(=O)CCCN(CC(O)CCCC(=O)OC(CC)CC)CC(O)CCCC(=O)OC(CC)CC)CC1)CC(O)CCCCCCC(=O)OCCCC. The van der Waals surface area contributed by atoms with Gasteiger partial charge in [0.15, 0.2) is 0 Å². The molecule has 0 spiro atoms. The molecule has 4 atom stereocenters. The highest BCUT2D eigenvalue weighted by atomic mass is 33.1. The average Bonchev–Trinajstić information content (AvgIpc) is 3.54. The number of rotatable bonds is 58. The molecule has 0 aliphatic carbocycles. The number of carbonyl (C=O) groups is 5. The van der Waals surface area contributed by atoms with Crippen LogP contribution in [0.15, 0.2) is 0 Å². The van der Waals surface area contributed by atoms with Crippen molar-refractivity contribution in [1.29, 1.82) is 0 Å². The summed E-state index contributed by atoms with van der Waals surface area (Å²) in [7, 11) is 3.82. The Morgan fingerprint density at radius 1 is 0.393 bits per heavy atom. The molecular weight excluding hydrogens is 1110 g/mol. The lowest BCUT2D eigenvalue weighted by Gasteiger charge is -2.34. The van der Waals surface area contributed by atoms with Crippen LogP contribution in [0, 0.1) is 0 Å². The summed E-state index contributed by atoms with van der Waals surface area (Å²) in [4.78, 5) is 70.3. The first-order chi connectivity index (χ1) is 40.6. The van der Waals surface area contributed by atoms with Crippen LogP contribution in [0.5, 0.6) is 0 Å². The van der Waals surface area contributed by atoms with Gasteiger partial charge in [-0.3, -0.25) is 43.6 Å². The number of nitrogens with zero attached hydrogens (tertiary/aromatic N) is 4. The minimum absolute atomic E-state index is 0.0913. The Kier molecular flexibility index (Phi) is 52.1. The topological polar surface area (TPSA) is 225 Å². The monoisotopic (exact) mass is 1230 g/mol. The summed E-state index contributed by atoms with van der Waals surface area (Å²) >= 11 is 0. The molecule has 0 aromatic carbocycles. The zero-order valence-corrected chi connectivity index (χ0v) is 55.3. The molecule has 4 N–H and O–H groups in total. The number of esters is 5. The number of piperazine rings is 1. The van der Waals surface area contributed by atoms with Crippen molar-refractivity contribution in [2.45, 2.75) is 271 Å². The Hall–Kier alpha value is -2.27. The van der Waals surface area contributed by atoms with Gasteiger partial charge >= 0.3 is 29.8 Å². The number of unbranched alkanes of at least 4 members (excludes halogenated alkanes) is 9. The zero-order valence-electron chi connectivity index (χ0n) is 53.7. The summed E-state index contributed by atoms with van der Waals surface area (Å²) in [5.41, 5.74) is 0. The van der Waals surface area contributed by atoms with Crippen LogP contribution >= 0.6 is 21.6 Å². The highest BCUT2D eigenvalue weighted by Gasteiger charge is 2.22. The molecule has 1 heterocycles. The van der Waals surface area contributed by atoms with Gasteiger partial charge in [0.05, 0.1) is 37.6 Å². The predicted octanol–water partition coefficient (Wildman–Crippen LogP) is 10.3. The minimum atomic E-state index is -0.725. The lowest BCUT2D eigenvalue weighted by atomic mass is 10.1. The fraction of sp³-hybridized carbons (Fsp3) is 0.922. The van der Waals surface area contributed by atoms with Crippen molar-refractivity contribution in [3.05, 3.63) is 0 Å². The van der Waals surface area contributed by atoms with Gasteiger partial charge in [0, 0.05) is 109 Å². The molecule has 1 rings (SSSR count). The van der Waals surface area contributed by atoms with Crippen LogP contribution in [-0.2, 0) is 47.7 Å². The van der Waals surface area contributed by atoms with Crippen LogP contribution in [0.25, 0.3) is 0 Å². The Morgan fingerprint density at radius 2 is 0.750 bits per heavy atom. The molecule has 20 heteroatoms. The number of hydrogen-bond acceptors (Lipinski definition) is 20. The maximum atomic E-state index is 12.8. The van der Waals surface area contributed by atoms with Gasteiger partial charge in [0.25, 0.3) is 0 Å². The average molecular weight is 1240 g/mol. The van der Waals surface area contributed by atoms with E-state index in [-0.39, 0.29) is 74.4 Å². The molecule has 18 nitrogen and oxygen atoms in total. The fourth-order valence-corrected chi connectivity index (χ4v) is 12.2. The molecule has 1 saturated heterocycles. The van der Waals surface area contributed by atoms with E-state index < -0.39 is 24.4 Å². The van der Waals surface area contributed by atoms with Crippen molar-refractivity contribution in [3.8, 4) is 0 Å². The number of hydrogen-bond donors (Lipinski definition) is 4. The third kappa shape index (κ3) is 46.8. The summed E-state index contributed by atoms with van der Waals surface area (Å²) in [5, 5.41) is 44.0. The molecule has 1 fully saturated rings. The highest BCUT2D eigenvalue weighted by Crippen LogP contribution is 2.23. The third-order valence-corrected chi connectivity index (χ3v) is 18.0. The molecule has 4 unspecified atom stereocenters. The third-order valence-electron chi connectivity index (χ3n) is 15.5. The summed E-state index contributed by atoms with van der Waals surface area (Å²) in [6.45, 7) is 21.8. The molecule has 494 valence electrons. The van der Waals surface area contributed by atoms with E-state index in [1.54, 1.807) is 0 Å². The van der Waals surface area contributed by atoms with E-state index >= 15 is 0 Å². The summed E-state index contributed by atoms with van der Waals surface area (Å²) < 4.78 is 27.2. The summed E-state index contributed by atoms with van der Waals surface area (Å²) in [6.07, 6.45) is 18.8. The van der Waals surface area contributed by atoms with Gasteiger partial charge in [-0.1, -0.05) is 114 Å². The lowest BCUT2D eigenvalue weighted by molar-refractivity contribution is -0.150. The normalized spacial score (nSPS) is 14.7. The smallest absolute Gasteiger partial charge is 0.306 e. The van der Waals surface area contributed by atoms with Crippen LogP contribution in [0.3, 0.4) is 0 Å². The van der Waals surface area contributed by atoms with Crippen LogP contribution in [0.4, 0.5) is 0 Å². The minimum Gasteiger partial charge on any atom is -0.466 e. The molecule has 0 aromatic heterocycles. The second-order valence-corrected chi connectivity index (χ2v) is 25.9. The molecule has 0 saturated carbocycles. The van der Waals surface area contributed by atoms with Gasteiger partial charge in [-0.15, -0.1) is 0 Å². The van der Waals surface area contributed by atoms with Crippen molar-refractivity contribution in [3.63, 3.8) is 0 Å². The van der Waals surface area contributed by atoms with Crippen molar-refractivity contribution in [2.75, 3.05) is 110 Å². The standard InChI is InChI=1S/C64H122N4O14S2/c1-7-13-45-78-60(73)32-21-17-15-19-28-54(69)50-67(51-55(70)29-20-16-18-22-33-61(74)79-46-14-8-2)37-23-24-48-83-84-49-44-66-41-39-65(40-42-66)43-47-80-62(75)36-27-38-68(52-56(71)30-25-34-63(76)81-58(9-3)10-4)53-57(72)31-26-35-64(77)82-59(11-5)12-6/h54-59,69-72H,7-53H2,1-6H3. The van der Waals surface area contributed by atoms with Crippen molar-refractivity contribution >= 4 is 51.4 Å². The molecule has 0 amide bonds. The molecule has 1 aliphatic rings. The molecule has 0 aromatic rings. The second-order valence-electron chi connectivity index (χ2n) is 23.2. The largest absolute Gasteiger partial charge is 0.466 e. The van der Waals surface area contributed by atoms with Crippen molar-refractivity contribution in [2.24, 2.45) is 0 Å². The van der Waals surface area contributed by atoms with Gasteiger partial charge in [-0.25, -0.2) is 0 Å². The zero-order chi connectivity index (χ0) is 61.8. The number of ether oxygens (including phenoxy) is 5. The molecule has 84 heavy (non-hydrogen) atoms. The van der Waals surface area contributed by atoms with E-state index in [0.29, 0.717) is 104 Å². The molecule has 1 aliphatic heterocycles. The van der Waals surface area contributed by atoms with E-state index in [9.17, 15) is 44.4 Å². The van der Waals surface area contributed by atoms with Gasteiger partial charge in [0.2, 0.25) is 0 Å². The quantitative estimate of drug-likeness (QED) is 0.0192. The van der Waals surface area contributed by atoms with Crippen LogP contribution in [0.2, 0.25) is 0 Å². The van der Waals surface area contributed by atoms with Crippen LogP contribution in [0.1, 0.15) is 234 Å². The number of carbonyl (C=O) groups excluding carboxylic acids is 5. The van der Waals surface area contributed by atoms with E-state index in [2.05, 4.69) is 28.5 Å². The van der Waals surface area contributed by atoms with Gasteiger partial charge in [-0.2, -0.15) is 0 Å². The fourth-order valence-electron chi connectivity index (χ4n) is 10.1. The summed E-state index contributed by atoms with van der Waals surface area (Å²) in [5.74, 6) is 1.05. The Bertz CT molecular complexity index is 1530. The van der Waals surface area contributed by atoms with Gasteiger partial charge in [-0.05, 0) is 122 Å². The van der Waals surface area contributed by atoms with E-state index in [4.69, 9.17) is 23.7 Å². The second kappa shape index (κ2) is 54.8. The van der Waals surface area contributed by atoms with E-state index in [1.807, 2.05) is 54.2 Å². The Labute approximate surface area is 517 Å². The maximum Gasteiger partial charge on any atom is 0.306 e. The van der Waals surface area contributed by atoms with Gasteiger partial charge in [0.1, 0.15) is 18.8 Å². The van der Waals surface area contributed by atoms with E-state index in [1.165, 1.54) is 0 Å². The maximum absolute atomic E-state index is 12.8. The Morgan fingerprint density at radius 3 is 1.18 bits per heavy atom. The molecular formula is C64H122N4O14S2.